The van der Waals surface area contributed by atoms with E-state index in [0.29, 0.717) is 5.92 Å². The van der Waals surface area contributed by atoms with Gasteiger partial charge in [0.25, 0.3) is 5.91 Å². The van der Waals surface area contributed by atoms with Gasteiger partial charge in [0.05, 0.1) is 12.5 Å². The average Bonchev–Trinajstić information content (AvgIpc) is 2.64. The molecule has 1 aliphatic carbocycles. The van der Waals surface area contributed by atoms with E-state index in [4.69, 9.17) is 4.84 Å². The van der Waals surface area contributed by atoms with Gasteiger partial charge < -0.3 is 0 Å². The van der Waals surface area contributed by atoms with Crippen LogP contribution in [0.3, 0.4) is 0 Å². The zero-order chi connectivity index (χ0) is 11.5. The molecule has 0 N–H and O–H groups in total. The summed E-state index contributed by atoms with van der Waals surface area (Å²) in [5.41, 5.74) is -0.140. The summed E-state index contributed by atoms with van der Waals surface area (Å²) in [7, 11) is 3.26. The van der Waals surface area contributed by atoms with Gasteiger partial charge in [-0.25, -0.2) is 5.06 Å². The summed E-state index contributed by atoms with van der Waals surface area (Å²) in [4.78, 5) is 17.2. The number of carbonyl (C=O) groups is 1. The number of rotatable bonds is 4. The van der Waals surface area contributed by atoms with Crippen molar-refractivity contribution >= 4 is 5.91 Å². The Kier molecular flexibility index (Phi) is 4.14. The summed E-state index contributed by atoms with van der Waals surface area (Å²) in [6.07, 6.45) is 5.39. The quantitative estimate of drug-likeness (QED) is 0.672. The fourth-order valence-corrected chi connectivity index (χ4v) is 2.76. The number of carbonyl (C=O) groups excluding carboxylic acids is 1. The Hall–Kier alpha value is -0.570. The monoisotopic (exact) mass is 213 g/mol. The first-order valence-electron chi connectivity index (χ1n) is 5.84. The maximum absolute atomic E-state index is 12.2. The highest BCUT2D eigenvalue weighted by Crippen LogP contribution is 2.44. The number of amides is 1. The third-order valence-corrected chi connectivity index (χ3v) is 3.37. The molecule has 1 fully saturated rings. The molecule has 88 valence electrons. The van der Waals surface area contributed by atoms with Gasteiger partial charge in [0.1, 0.15) is 0 Å². The molecule has 0 heterocycles. The Morgan fingerprint density at radius 1 is 1.40 bits per heavy atom. The van der Waals surface area contributed by atoms with Crippen LogP contribution in [0.15, 0.2) is 0 Å². The second-order valence-corrected chi connectivity index (χ2v) is 5.07. The fraction of sp³-hybridized carbons (Fsp3) is 0.917. The van der Waals surface area contributed by atoms with Gasteiger partial charge in [0, 0.05) is 7.05 Å². The lowest BCUT2D eigenvalue weighted by Crippen LogP contribution is -2.40. The van der Waals surface area contributed by atoms with Crippen molar-refractivity contribution in [1.29, 1.82) is 0 Å². The molecule has 0 radical (unpaired) electrons. The van der Waals surface area contributed by atoms with E-state index in [1.54, 1.807) is 14.2 Å². The van der Waals surface area contributed by atoms with E-state index in [0.717, 1.165) is 19.3 Å². The van der Waals surface area contributed by atoms with Crippen LogP contribution in [0.2, 0.25) is 0 Å². The van der Waals surface area contributed by atoms with Crippen molar-refractivity contribution in [1.82, 2.24) is 5.06 Å². The van der Waals surface area contributed by atoms with Crippen molar-refractivity contribution in [3.05, 3.63) is 0 Å². The summed E-state index contributed by atoms with van der Waals surface area (Å²) < 4.78 is 0. The lowest BCUT2D eigenvalue weighted by Gasteiger charge is -2.32. The minimum atomic E-state index is -0.140. The molecule has 0 aliphatic heterocycles. The molecule has 1 saturated carbocycles. The largest absolute Gasteiger partial charge is 0.275 e. The summed E-state index contributed by atoms with van der Waals surface area (Å²) in [6, 6.07) is 0. The highest BCUT2D eigenvalue weighted by atomic mass is 16.7. The molecular weight excluding hydrogens is 190 g/mol. The Morgan fingerprint density at radius 2 is 1.93 bits per heavy atom. The maximum Gasteiger partial charge on any atom is 0.252 e. The maximum atomic E-state index is 12.2. The molecule has 0 atom stereocenters. The molecule has 0 aromatic carbocycles. The first-order valence-corrected chi connectivity index (χ1v) is 5.84. The molecule has 1 rings (SSSR count). The van der Waals surface area contributed by atoms with Crippen LogP contribution in [0.5, 0.6) is 0 Å². The van der Waals surface area contributed by atoms with Crippen molar-refractivity contribution in [2.24, 2.45) is 11.3 Å². The molecule has 1 aliphatic rings. The van der Waals surface area contributed by atoms with E-state index in [1.807, 2.05) is 0 Å². The topological polar surface area (TPSA) is 29.5 Å². The molecule has 15 heavy (non-hydrogen) atoms. The first-order chi connectivity index (χ1) is 7.02. The summed E-state index contributed by atoms with van der Waals surface area (Å²) in [5, 5.41) is 1.40. The van der Waals surface area contributed by atoms with Crippen LogP contribution >= 0.6 is 0 Å². The van der Waals surface area contributed by atoms with Gasteiger partial charge in [-0.05, 0) is 25.2 Å². The standard InChI is InChI=1S/C12H23NO2/c1-10(2)9-12(7-5-6-8-12)11(14)13(3)15-4/h10H,5-9H2,1-4H3. The normalized spacial score (nSPS) is 19.5. The Morgan fingerprint density at radius 3 is 2.33 bits per heavy atom. The van der Waals surface area contributed by atoms with Crippen molar-refractivity contribution in [3.63, 3.8) is 0 Å². The SMILES string of the molecule is CON(C)C(=O)C1(CC(C)C)CCCC1. The van der Waals surface area contributed by atoms with Gasteiger partial charge >= 0.3 is 0 Å². The van der Waals surface area contributed by atoms with Gasteiger partial charge in [-0.15, -0.1) is 0 Å². The highest BCUT2D eigenvalue weighted by molar-refractivity contribution is 5.81. The van der Waals surface area contributed by atoms with Crippen LogP contribution in [0, 0.1) is 11.3 Å². The minimum absolute atomic E-state index is 0.140. The van der Waals surface area contributed by atoms with Crippen molar-refractivity contribution in [2.45, 2.75) is 46.0 Å². The van der Waals surface area contributed by atoms with Gasteiger partial charge in [0.2, 0.25) is 0 Å². The van der Waals surface area contributed by atoms with Crippen LogP contribution in [-0.4, -0.2) is 25.1 Å². The molecule has 3 nitrogen and oxygen atoms in total. The van der Waals surface area contributed by atoms with Crippen LogP contribution in [0.1, 0.15) is 46.0 Å². The van der Waals surface area contributed by atoms with Crippen molar-refractivity contribution < 1.29 is 9.63 Å². The summed E-state index contributed by atoms with van der Waals surface area (Å²) in [6.45, 7) is 4.36. The van der Waals surface area contributed by atoms with E-state index in [1.165, 1.54) is 17.9 Å². The van der Waals surface area contributed by atoms with E-state index < -0.39 is 0 Å². The lowest BCUT2D eigenvalue weighted by molar-refractivity contribution is -0.181. The van der Waals surface area contributed by atoms with E-state index in [9.17, 15) is 4.79 Å². The summed E-state index contributed by atoms with van der Waals surface area (Å²) in [5.74, 6) is 0.730. The number of hydrogen-bond acceptors (Lipinski definition) is 2. The van der Waals surface area contributed by atoms with Gasteiger partial charge in [0.15, 0.2) is 0 Å². The third-order valence-electron chi connectivity index (χ3n) is 3.37. The zero-order valence-electron chi connectivity index (χ0n) is 10.4. The number of nitrogens with zero attached hydrogens (tertiary/aromatic N) is 1. The predicted octanol–water partition coefficient (Wildman–Crippen LogP) is 2.61. The number of hydroxylamine groups is 2. The first kappa shape index (κ1) is 12.5. The molecule has 3 heteroatoms. The third kappa shape index (κ3) is 2.71. The Labute approximate surface area is 92.7 Å². The van der Waals surface area contributed by atoms with E-state index in [2.05, 4.69) is 13.8 Å². The van der Waals surface area contributed by atoms with E-state index in [-0.39, 0.29) is 11.3 Å². The molecule has 0 spiro atoms. The predicted molar refractivity (Wildman–Crippen MR) is 60.1 cm³/mol. The Bertz CT molecular complexity index is 220. The van der Waals surface area contributed by atoms with Crippen LogP contribution < -0.4 is 0 Å². The van der Waals surface area contributed by atoms with Crippen molar-refractivity contribution in [3.8, 4) is 0 Å². The molecular formula is C12H23NO2. The second-order valence-electron chi connectivity index (χ2n) is 5.07. The molecule has 0 saturated heterocycles. The van der Waals surface area contributed by atoms with Crippen LogP contribution in [0.4, 0.5) is 0 Å². The fourth-order valence-electron chi connectivity index (χ4n) is 2.76. The lowest BCUT2D eigenvalue weighted by atomic mass is 9.77. The average molecular weight is 213 g/mol. The molecule has 0 aromatic heterocycles. The molecule has 0 unspecified atom stereocenters. The second kappa shape index (κ2) is 4.97. The summed E-state index contributed by atoms with van der Waals surface area (Å²) >= 11 is 0. The zero-order valence-corrected chi connectivity index (χ0v) is 10.4. The van der Waals surface area contributed by atoms with Gasteiger partial charge in [-0.1, -0.05) is 26.7 Å². The van der Waals surface area contributed by atoms with Crippen LogP contribution in [-0.2, 0) is 9.63 Å². The highest BCUT2D eigenvalue weighted by Gasteiger charge is 2.43. The van der Waals surface area contributed by atoms with Crippen molar-refractivity contribution in [2.75, 3.05) is 14.2 Å². The minimum Gasteiger partial charge on any atom is -0.275 e. The van der Waals surface area contributed by atoms with E-state index >= 15 is 0 Å². The smallest absolute Gasteiger partial charge is 0.252 e. The molecule has 0 bridgehead atoms. The van der Waals surface area contributed by atoms with Crippen LogP contribution in [0.25, 0.3) is 0 Å². The van der Waals surface area contributed by atoms with Gasteiger partial charge in [-0.3, -0.25) is 9.63 Å². The molecule has 0 aromatic rings. The molecule has 1 amide bonds. The Balaban J connectivity index is 2.76. The number of hydrogen-bond donors (Lipinski definition) is 0. The van der Waals surface area contributed by atoms with Gasteiger partial charge in [-0.2, -0.15) is 0 Å².